The Labute approximate surface area is 110 Å². The third kappa shape index (κ3) is 2.65. The summed E-state index contributed by atoms with van der Waals surface area (Å²) in [6.45, 7) is 3.67. The molecule has 0 saturated heterocycles. The molecule has 0 amide bonds. The minimum atomic E-state index is -3.82. The molecule has 8 nitrogen and oxygen atoms in total. The number of sulfonamides is 1. The van der Waals surface area contributed by atoms with E-state index < -0.39 is 10.0 Å². The van der Waals surface area contributed by atoms with E-state index in [-0.39, 0.29) is 16.5 Å². The molecule has 1 aromatic heterocycles. The van der Waals surface area contributed by atoms with Crippen molar-refractivity contribution >= 4 is 21.7 Å². The van der Waals surface area contributed by atoms with Crippen molar-refractivity contribution in [3.8, 4) is 0 Å². The second-order valence-corrected chi connectivity index (χ2v) is 5.83. The third-order valence-corrected chi connectivity index (χ3v) is 4.03. The van der Waals surface area contributed by atoms with Crippen molar-refractivity contribution in [2.24, 2.45) is 7.05 Å². The van der Waals surface area contributed by atoms with Gasteiger partial charge in [0, 0.05) is 0 Å². The second-order valence-electron chi connectivity index (χ2n) is 4.18. The number of hydrogen-bond acceptors (Lipinski definition) is 6. The van der Waals surface area contributed by atoms with Crippen LogP contribution in [0.25, 0.3) is 0 Å². The molecule has 0 saturated carbocycles. The summed E-state index contributed by atoms with van der Waals surface area (Å²) in [5, 5.41) is 10.9. The van der Waals surface area contributed by atoms with E-state index in [1.165, 1.54) is 13.1 Å². The number of anilines is 2. The predicted octanol–water partition coefficient (Wildman–Crippen LogP) is 0.210. The first-order valence-electron chi connectivity index (χ1n) is 5.43. The van der Waals surface area contributed by atoms with Gasteiger partial charge in [0.2, 0.25) is 0 Å². The van der Waals surface area contributed by atoms with Gasteiger partial charge in [-0.2, -0.15) is 4.80 Å². The van der Waals surface area contributed by atoms with Gasteiger partial charge in [-0.1, -0.05) is 5.10 Å². The number of hydrogen-bond donors (Lipinski definition) is 2. The standard InChI is InChI=1S/C10H14N6O2S/c1-6-4-8(11)9(5-7(6)2)19(17,18)14-10-12-15-16(3)13-10/h4-5H,11H2,1-3H3,(H,13,14). The van der Waals surface area contributed by atoms with Crippen LogP contribution < -0.4 is 10.5 Å². The van der Waals surface area contributed by atoms with Crippen LogP contribution in [0.3, 0.4) is 0 Å². The van der Waals surface area contributed by atoms with Crippen LogP contribution >= 0.6 is 0 Å². The third-order valence-electron chi connectivity index (χ3n) is 2.65. The number of aryl methyl sites for hydroxylation is 3. The molecule has 0 aliphatic rings. The van der Waals surface area contributed by atoms with Crippen molar-refractivity contribution in [1.29, 1.82) is 0 Å². The number of rotatable bonds is 3. The van der Waals surface area contributed by atoms with Gasteiger partial charge in [0.15, 0.2) is 0 Å². The topological polar surface area (TPSA) is 116 Å². The lowest BCUT2D eigenvalue weighted by atomic mass is 10.1. The van der Waals surface area contributed by atoms with Crippen LogP contribution in [0.5, 0.6) is 0 Å². The summed E-state index contributed by atoms with van der Waals surface area (Å²) in [4.78, 5) is 1.16. The van der Waals surface area contributed by atoms with Gasteiger partial charge in [-0.05, 0) is 42.3 Å². The molecule has 0 aliphatic heterocycles. The van der Waals surface area contributed by atoms with Crippen LogP contribution in [0.1, 0.15) is 11.1 Å². The smallest absolute Gasteiger partial charge is 0.277 e. The lowest BCUT2D eigenvalue weighted by Crippen LogP contribution is -2.16. The molecule has 0 unspecified atom stereocenters. The molecule has 2 rings (SSSR count). The van der Waals surface area contributed by atoms with Crippen molar-refractivity contribution < 1.29 is 8.42 Å². The van der Waals surface area contributed by atoms with E-state index in [1.54, 1.807) is 6.07 Å². The van der Waals surface area contributed by atoms with Crippen molar-refractivity contribution in [2.45, 2.75) is 18.7 Å². The maximum absolute atomic E-state index is 12.2. The normalized spacial score (nSPS) is 11.5. The van der Waals surface area contributed by atoms with Crippen LogP contribution in [-0.2, 0) is 17.1 Å². The molecule has 3 N–H and O–H groups in total. The summed E-state index contributed by atoms with van der Waals surface area (Å²) in [5.41, 5.74) is 7.69. The van der Waals surface area contributed by atoms with Gasteiger partial charge >= 0.3 is 0 Å². The van der Waals surface area contributed by atoms with Gasteiger partial charge in [0.05, 0.1) is 12.7 Å². The van der Waals surface area contributed by atoms with Gasteiger partial charge in [0.25, 0.3) is 16.0 Å². The first-order valence-corrected chi connectivity index (χ1v) is 6.91. The molecular weight excluding hydrogens is 268 g/mol. The van der Waals surface area contributed by atoms with E-state index in [4.69, 9.17) is 5.73 Å². The fourth-order valence-corrected chi connectivity index (χ4v) is 2.68. The number of aromatic nitrogens is 4. The largest absolute Gasteiger partial charge is 0.398 e. The maximum Gasteiger partial charge on any atom is 0.277 e. The Balaban J connectivity index is 2.42. The van der Waals surface area contributed by atoms with E-state index in [2.05, 4.69) is 20.1 Å². The van der Waals surface area contributed by atoms with E-state index >= 15 is 0 Å². The Morgan fingerprint density at radius 2 is 1.89 bits per heavy atom. The minimum Gasteiger partial charge on any atom is -0.398 e. The maximum atomic E-state index is 12.2. The van der Waals surface area contributed by atoms with E-state index in [9.17, 15) is 8.42 Å². The second kappa shape index (κ2) is 4.50. The summed E-state index contributed by atoms with van der Waals surface area (Å²) >= 11 is 0. The van der Waals surface area contributed by atoms with Crippen LogP contribution in [0.15, 0.2) is 17.0 Å². The zero-order valence-electron chi connectivity index (χ0n) is 10.7. The summed E-state index contributed by atoms with van der Waals surface area (Å²) in [7, 11) is -2.29. The fraction of sp³-hybridized carbons (Fsp3) is 0.300. The Hall–Kier alpha value is -2.16. The lowest BCUT2D eigenvalue weighted by Gasteiger charge is -2.10. The Bertz CT molecular complexity index is 722. The molecule has 0 aliphatic carbocycles. The van der Waals surface area contributed by atoms with Crippen LogP contribution in [0.2, 0.25) is 0 Å². The van der Waals surface area contributed by atoms with Gasteiger partial charge in [-0.25, -0.2) is 13.1 Å². The van der Waals surface area contributed by atoms with Crippen molar-refractivity contribution in [3.63, 3.8) is 0 Å². The molecule has 9 heteroatoms. The minimum absolute atomic E-state index is 0.00283. The van der Waals surface area contributed by atoms with Gasteiger partial charge in [0.1, 0.15) is 4.90 Å². The molecule has 0 spiro atoms. The summed E-state index contributed by atoms with van der Waals surface area (Å²) < 4.78 is 26.6. The number of tetrazole rings is 1. The Kier molecular flexibility index (Phi) is 3.14. The highest BCUT2D eigenvalue weighted by Gasteiger charge is 2.20. The molecule has 0 fully saturated rings. The van der Waals surface area contributed by atoms with Crippen LogP contribution in [0.4, 0.5) is 11.6 Å². The van der Waals surface area contributed by atoms with Gasteiger partial charge < -0.3 is 5.73 Å². The monoisotopic (exact) mass is 282 g/mol. The molecule has 2 aromatic rings. The van der Waals surface area contributed by atoms with Crippen molar-refractivity contribution in [2.75, 3.05) is 10.5 Å². The first-order chi connectivity index (χ1) is 8.79. The van der Waals surface area contributed by atoms with Gasteiger partial charge in [-0.15, -0.1) is 5.10 Å². The number of nitrogens with one attached hydrogen (secondary N) is 1. The average Bonchev–Trinajstić information content (AvgIpc) is 2.68. The predicted molar refractivity (Wildman–Crippen MR) is 69.9 cm³/mol. The Morgan fingerprint density at radius 3 is 2.47 bits per heavy atom. The highest BCUT2D eigenvalue weighted by Crippen LogP contribution is 2.23. The summed E-state index contributed by atoms with van der Waals surface area (Å²) in [6.07, 6.45) is 0. The van der Waals surface area contributed by atoms with E-state index in [0.29, 0.717) is 0 Å². The number of benzene rings is 1. The SMILES string of the molecule is Cc1cc(N)c(S(=O)(=O)Nc2nnn(C)n2)cc1C. The molecule has 1 aromatic carbocycles. The quantitative estimate of drug-likeness (QED) is 0.777. The molecule has 19 heavy (non-hydrogen) atoms. The zero-order valence-corrected chi connectivity index (χ0v) is 11.6. The lowest BCUT2D eigenvalue weighted by molar-refractivity contribution is 0.601. The molecule has 0 atom stereocenters. The Morgan fingerprint density at radius 1 is 1.26 bits per heavy atom. The average molecular weight is 282 g/mol. The number of nitrogen functional groups attached to an aromatic ring is 1. The highest BCUT2D eigenvalue weighted by atomic mass is 32.2. The van der Waals surface area contributed by atoms with Crippen LogP contribution in [-0.4, -0.2) is 28.6 Å². The molecule has 1 heterocycles. The summed E-state index contributed by atoms with van der Waals surface area (Å²) in [5.74, 6) is -0.0971. The van der Waals surface area contributed by atoms with E-state index in [1.807, 2.05) is 13.8 Å². The van der Waals surface area contributed by atoms with Crippen molar-refractivity contribution in [3.05, 3.63) is 23.3 Å². The summed E-state index contributed by atoms with van der Waals surface area (Å²) in [6, 6.07) is 3.14. The number of nitrogens with two attached hydrogens (primary N) is 1. The molecule has 0 radical (unpaired) electrons. The van der Waals surface area contributed by atoms with Gasteiger partial charge in [-0.3, -0.25) is 0 Å². The molecule has 102 valence electrons. The fourth-order valence-electron chi connectivity index (χ4n) is 1.54. The molecular formula is C10H14N6O2S. The highest BCUT2D eigenvalue weighted by molar-refractivity contribution is 7.92. The number of nitrogens with zero attached hydrogens (tertiary/aromatic N) is 4. The van der Waals surface area contributed by atoms with Crippen LogP contribution in [0, 0.1) is 13.8 Å². The zero-order chi connectivity index (χ0) is 14.2. The molecule has 0 bridgehead atoms. The van der Waals surface area contributed by atoms with E-state index in [0.717, 1.165) is 15.9 Å². The van der Waals surface area contributed by atoms with Crippen molar-refractivity contribution in [1.82, 2.24) is 20.2 Å². The first kappa shape index (κ1) is 13.3.